The number of hydrogen-bond acceptors (Lipinski definition) is 3. The minimum Gasteiger partial charge on any atom is -0.393 e. The van der Waals surface area contributed by atoms with Gasteiger partial charge in [-0.1, -0.05) is 85.9 Å². The Kier molecular flexibility index (Phi) is 7.14. The lowest BCUT2D eigenvalue weighted by molar-refractivity contribution is -0.142. The van der Waals surface area contributed by atoms with Gasteiger partial charge in [0, 0.05) is 0 Å². The Morgan fingerprint density at radius 1 is 1.04 bits per heavy atom. The zero-order chi connectivity index (χ0) is 19.2. The maximum absolute atomic E-state index is 12.7. The Morgan fingerprint density at radius 3 is 2.12 bits per heavy atom. The first-order valence-electron chi connectivity index (χ1n) is 9.03. The van der Waals surface area contributed by atoms with Gasteiger partial charge < -0.3 is 5.11 Å². The summed E-state index contributed by atoms with van der Waals surface area (Å²) in [6.45, 7) is 8.51. The van der Waals surface area contributed by atoms with Gasteiger partial charge in [-0.2, -0.15) is 0 Å². The highest BCUT2D eigenvalue weighted by molar-refractivity contribution is 6.91. The van der Waals surface area contributed by atoms with Gasteiger partial charge in [-0.15, -0.1) is 0 Å². The highest BCUT2D eigenvalue weighted by Gasteiger charge is 2.41. The zero-order valence-corrected chi connectivity index (χ0v) is 17.0. The number of carbonyl (C=O) groups excluding carboxylic acids is 1. The summed E-state index contributed by atoms with van der Waals surface area (Å²) < 4.78 is 0. The van der Waals surface area contributed by atoms with Crippen LogP contribution in [0.2, 0.25) is 18.6 Å². The second kappa shape index (κ2) is 9.12. The summed E-state index contributed by atoms with van der Waals surface area (Å²) in [6.07, 6.45) is -0.749. The molecule has 26 heavy (non-hydrogen) atoms. The fraction of sp³-hybridized carbons (Fsp3) is 0.381. The summed E-state index contributed by atoms with van der Waals surface area (Å²) >= 11 is 0. The lowest BCUT2D eigenvalue weighted by atomic mass is 9.99. The molecule has 0 saturated carbocycles. The van der Waals surface area contributed by atoms with Crippen LogP contribution in [0.1, 0.15) is 19.4 Å². The van der Waals surface area contributed by atoms with Crippen LogP contribution in [0.25, 0.3) is 0 Å². The van der Waals surface area contributed by atoms with E-state index in [0.717, 1.165) is 5.56 Å². The van der Waals surface area contributed by atoms with E-state index < -0.39 is 20.1 Å². The summed E-state index contributed by atoms with van der Waals surface area (Å²) in [5.41, 5.74) is 3.57. The molecule has 0 fully saturated rings. The number of aliphatic hydroxyl groups excluding tert-OH is 1. The van der Waals surface area contributed by atoms with Crippen LogP contribution in [0.4, 0.5) is 0 Å². The number of hydroxylamine groups is 1. The van der Waals surface area contributed by atoms with Crippen LogP contribution >= 0.6 is 0 Å². The highest BCUT2D eigenvalue weighted by atomic mass is 28.3. The Balaban J connectivity index is 2.05. The van der Waals surface area contributed by atoms with Gasteiger partial charge in [-0.25, -0.2) is 5.48 Å². The van der Waals surface area contributed by atoms with E-state index in [1.165, 1.54) is 5.19 Å². The zero-order valence-electron chi connectivity index (χ0n) is 16.0. The van der Waals surface area contributed by atoms with E-state index in [2.05, 4.69) is 37.6 Å². The molecule has 0 aromatic heterocycles. The quantitative estimate of drug-likeness (QED) is 0.553. The van der Waals surface area contributed by atoms with Crippen molar-refractivity contribution in [3.05, 3.63) is 66.2 Å². The van der Waals surface area contributed by atoms with Gasteiger partial charge in [0.1, 0.15) is 0 Å². The number of benzene rings is 2. The molecule has 3 atom stereocenters. The van der Waals surface area contributed by atoms with E-state index in [0.29, 0.717) is 6.61 Å². The third-order valence-electron chi connectivity index (χ3n) is 5.27. The predicted molar refractivity (Wildman–Crippen MR) is 108 cm³/mol. The average molecular weight is 372 g/mol. The Hall–Kier alpha value is -1.95. The van der Waals surface area contributed by atoms with E-state index in [9.17, 15) is 9.90 Å². The van der Waals surface area contributed by atoms with Crippen LogP contribution in [-0.4, -0.2) is 25.2 Å². The van der Waals surface area contributed by atoms with Crippen molar-refractivity contribution in [2.45, 2.75) is 45.2 Å². The smallest absolute Gasteiger partial charge is 0.249 e. The van der Waals surface area contributed by atoms with Crippen LogP contribution in [0.5, 0.6) is 0 Å². The number of hydrogen-bond donors (Lipinski definition) is 2. The van der Waals surface area contributed by atoms with E-state index in [1.54, 1.807) is 6.92 Å². The molecule has 140 valence electrons. The third-order valence-corrected chi connectivity index (χ3v) is 9.73. The van der Waals surface area contributed by atoms with Crippen molar-refractivity contribution < 1.29 is 14.7 Å². The van der Waals surface area contributed by atoms with Crippen molar-refractivity contribution in [2.24, 2.45) is 5.92 Å². The number of aliphatic hydroxyl groups is 1. The van der Waals surface area contributed by atoms with Crippen LogP contribution in [0.3, 0.4) is 0 Å². The molecule has 5 heteroatoms. The van der Waals surface area contributed by atoms with Gasteiger partial charge in [0.05, 0.1) is 26.7 Å². The van der Waals surface area contributed by atoms with Gasteiger partial charge in [0.25, 0.3) is 0 Å². The number of nitrogens with one attached hydrogen (secondary N) is 1. The van der Waals surface area contributed by atoms with Crippen LogP contribution in [0, 0.1) is 5.92 Å². The van der Waals surface area contributed by atoms with Gasteiger partial charge in [-0.3, -0.25) is 9.63 Å². The molecule has 2 aromatic rings. The van der Waals surface area contributed by atoms with Gasteiger partial charge >= 0.3 is 0 Å². The van der Waals surface area contributed by atoms with E-state index in [-0.39, 0.29) is 11.4 Å². The molecule has 2 N–H and O–H groups in total. The summed E-state index contributed by atoms with van der Waals surface area (Å²) in [5.74, 6) is -0.785. The number of amides is 1. The molecular weight excluding hydrogens is 342 g/mol. The second-order valence-corrected chi connectivity index (χ2v) is 12.3. The fourth-order valence-corrected chi connectivity index (χ4v) is 6.18. The molecule has 2 rings (SSSR count). The molecule has 0 aliphatic heterocycles. The number of rotatable bonds is 8. The van der Waals surface area contributed by atoms with Crippen LogP contribution in [0.15, 0.2) is 60.7 Å². The average Bonchev–Trinajstić information content (AvgIpc) is 2.63. The van der Waals surface area contributed by atoms with Crippen molar-refractivity contribution in [1.82, 2.24) is 5.48 Å². The maximum Gasteiger partial charge on any atom is 0.249 e. The standard InChI is InChI=1S/C21H29NO3Si/c1-16(23)20(17(2)26(3,4)19-13-9-6-10-14-19)21(24)22-25-15-18-11-7-5-8-12-18/h5-14,16-17,20,23H,15H2,1-4H3,(H,22,24)/t16-,17+,20+/m1/s1. The van der Waals surface area contributed by atoms with Crippen molar-refractivity contribution in [2.75, 3.05) is 0 Å². The monoisotopic (exact) mass is 371 g/mol. The molecule has 0 unspecified atom stereocenters. The Bertz CT molecular complexity index is 689. The van der Waals surface area contributed by atoms with Gasteiger partial charge in [0.2, 0.25) is 5.91 Å². The van der Waals surface area contributed by atoms with Crippen LogP contribution in [-0.2, 0) is 16.2 Å². The van der Waals surface area contributed by atoms with E-state index >= 15 is 0 Å². The third kappa shape index (κ3) is 5.03. The Morgan fingerprint density at radius 2 is 1.58 bits per heavy atom. The van der Waals surface area contributed by atoms with E-state index in [4.69, 9.17) is 4.84 Å². The summed E-state index contributed by atoms with van der Waals surface area (Å²) in [7, 11) is -1.95. The largest absolute Gasteiger partial charge is 0.393 e. The molecule has 4 nitrogen and oxygen atoms in total. The summed E-state index contributed by atoms with van der Waals surface area (Å²) in [5, 5.41) is 11.6. The van der Waals surface area contributed by atoms with Gasteiger partial charge in [0.15, 0.2) is 0 Å². The Labute approximate surface area is 157 Å². The number of carbonyl (C=O) groups is 1. The molecule has 0 spiro atoms. The molecule has 1 amide bonds. The molecule has 0 aliphatic rings. The van der Waals surface area contributed by atoms with Gasteiger partial charge in [-0.05, 0) is 18.0 Å². The second-order valence-electron chi connectivity index (χ2n) is 7.38. The van der Waals surface area contributed by atoms with Crippen molar-refractivity contribution in [1.29, 1.82) is 0 Å². The molecule has 0 aliphatic carbocycles. The van der Waals surface area contributed by atoms with Crippen molar-refractivity contribution in [3.8, 4) is 0 Å². The first kappa shape index (κ1) is 20.4. The SMILES string of the molecule is C[C@@H](O)[C@H](C(=O)NOCc1ccccc1)[C@H](C)[Si](C)(C)c1ccccc1. The molecule has 0 saturated heterocycles. The van der Waals surface area contributed by atoms with Crippen molar-refractivity contribution >= 4 is 19.2 Å². The van der Waals surface area contributed by atoms with E-state index in [1.807, 2.05) is 48.5 Å². The van der Waals surface area contributed by atoms with Crippen molar-refractivity contribution in [3.63, 3.8) is 0 Å². The maximum atomic E-state index is 12.7. The fourth-order valence-electron chi connectivity index (χ4n) is 3.28. The lowest BCUT2D eigenvalue weighted by Crippen LogP contribution is -2.52. The molecule has 2 aromatic carbocycles. The minimum absolute atomic E-state index is 0.0465. The molecule has 0 bridgehead atoms. The predicted octanol–water partition coefficient (Wildman–Crippen LogP) is 3.24. The first-order chi connectivity index (χ1) is 12.3. The highest BCUT2D eigenvalue weighted by Crippen LogP contribution is 2.32. The topological polar surface area (TPSA) is 58.6 Å². The first-order valence-corrected chi connectivity index (χ1v) is 12.1. The minimum atomic E-state index is -1.95. The summed E-state index contributed by atoms with van der Waals surface area (Å²) in [6, 6.07) is 19.9. The molecule has 0 heterocycles. The summed E-state index contributed by atoms with van der Waals surface area (Å²) in [4.78, 5) is 18.1. The van der Waals surface area contributed by atoms with Crippen LogP contribution < -0.4 is 10.7 Å². The molecule has 0 radical (unpaired) electrons. The molecular formula is C21H29NO3Si. The lowest BCUT2D eigenvalue weighted by Gasteiger charge is -2.36. The normalized spacial score (nSPS) is 15.1.